The van der Waals surface area contributed by atoms with Crippen molar-refractivity contribution < 1.29 is 4.74 Å². The Bertz CT molecular complexity index is 278. The van der Waals surface area contributed by atoms with E-state index >= 15 is 0 Å². The number of aryl methyl sites for hydroxylation is 1. The molecule has 0 spiro atoms. The SMILES string of the molecule is C=CC(C)Oc1ccccc1CC. The van der Waals surface area contributed by atoms with E-state index in [1.54, 1.807) is 6.08 Å². The molecule has 0 fully saturated rings. The van der Waals surface area contributed by atoms with Gasteiger partial charge in [0.05, 0.1) is 0 Å². The molecule has 13 heavy (non-hydrogen) atoms. The lowest BCUT2D eigenvalue weighted by atomic mass is 10.1. The zero-order valence-electron chi connectivity index (χ0n) is 8.29. The van der Waals surface area contributed by atoms with Crippen molar-refractivity contribution in [3.63, 3.8) is 0 Å². The zero-order valence-corrected chi connectivity index (χ0v) is 8.29. The molecular formula is C12H16O. The van der Waals surface area contributed by atoms with Crippen LogP contribution >= 0.6 is 0 Å². The van der Waals surface area contributed by atoms with Gasteiger partial charge in [0.1, 0.15) is 11.9 Å². The van der Waals surface area contributed by atoms with E-state index in [-0.39, 0.29) is 6.10 Å². The van der Waals surface area contributed by atoms with Crippen LogP contribution in [0.2, 0.25) is 0 Å². The lowest BCUT2D eigenvalue weighted by molar-refractivity contribution is 0.267. The molecule has 1 aromatic carbocycles. The maximum atomic E-state index is 5.67. The average molecular weight is 176 g/mol. The second-order valence-electron chi connectivity index (χ2n) is 3.02. The summed E-state index contributed by atoms with van der Waals surface area (Å²) in [7, 11) is 0. The summed E-state index contributed by atoms with van der Waals surface area (Å²) in [4.78, 5) is 0. The molecule has 0 aromatic heterocycles. The molecule has 70 valence electrons. The fraction of sp³-hybridized carbons (Fsp3) is 0.333. The molecule has 0 saturated heterocycles. The van der Waals surface area contributed by atoms with Crippen molar-refractivity contribution in [1.29, 1.82) is 0 Å². The van der Waals surface area contributed by atoms with Gasteiger partial charge in [-0.15, -0.1) is 0 Å². The number of benzene rings is 1. The molecule has 1 unspecified atom stereocenters. The highest BCUT2D eigenvalue weighted by atomic mass is 16.5. The summed E-state index contributed by atoms with van der Waals surface area (Å²) in [5.74, 6) is 0.970. The van der Waals surface area contributed by atoms with Crippen LogP contribution in [0, 0.1) is 0 Å². The number of hydrogen-bond acceptors (Lipinski definition) is 1. The lowest BCUT2D eigenvalue weighted by Crippen LogP contribution is -2.08. The molecule has 0 radical (unpaired) electrons. The highest BCUT2D eigenvalue weighted by Crippen LogP contribution is 2.19. The van der Waals surface area contributed by atoms with Crippen molar-refractivity contribution >= 4 is 0 Å². The molecule has 1 heteroatoms. The highest BCUT2D eigenvalue weighted by molar-refractivity contribution is 5.33. The van der Waals surface area contributed by atoms with E-state index in [1.165, 1.54) is 5.56 Å². The summed E-state index contributed by atoms with van der Waals surface area (Å²) in [6.07, 6.45) is 2.87. The average Bonchev–Trinajstić information content (AvgIpc) is 2.18. The molecule has 0 N–H and O–H groups in total. The van der Waals surface area contributed by atoms with E-state index in [0.717, 1.165) is 12.2 Å². The fourth-order valence-electron chi connectivity index (χ4n) is 1.16. The maximum Gasteiger partial charge on any atom is 0.123 e. The first-order valence-corrected chi connectivity index (χ1v) is 4.65. The van der Waals surface area contributed by atoms with Crippen LogP contribution in [0.1, 0.15) is 19.4 Å². The Balaban J connectivity index is 2.80. The molecule has 0 bridgehead atoms. The highest BCUT2D eigenvalue weighted by Gasteiger charge is 2.02. The third-order valence-electron chi connectivity index (χ3n) is 2.00. The predicted molar refractivity (Wildman–Crippen MR) is 56.1 cm³/mol. The van der Waals surface area contributed by atoms with Gasteiger partial charge in [-0.25, -0.2) is 0 Å². The van der Waals surface area contributed by atoms with Gasteiger partial charge in [-0.05, 0) is 25.0 Å². The molecule has 0 aliphatic rings. The van der Waals surface area contributed by atoms with E-state index in [4.69, 9.17) is 4.74 Å². The van der Waals surface area contributed by atoms with Gasteiger partial charge >= 0.3 is 0 Å². The molecule has 1 rings (SSSR count). The minimum Gasteiger partial charge on any atom is -0.486 e. The van der Waals surface area contributed by atoms with Crippen molar-refractivity contribution in [1.82, 2.24) is 0 Å². The lowest BCUT2D eigenvalue weighted by Gasteiger charge is -2.13. The van der Waals surface area contributed by atoms with Crippen LogP contribution in [0.15, 0.2) is 36.9 Å². The number of hydrogen-bond donors (Lipinski definition) is 0. The normalized spacial score (nSPS) is 12.2. The molecule has 1 atom stereocenters. The molecule has 1 aromatic rings. The first-order chi connectivity index (χ1) is 6.27. The van der Waals surface area contributed by atoms with Gasteiger partial charge in [-0.1, -0.05) is 37.8 Å². The van der Waals surface area contributed by atoms with Crippen molar-refractivity contribution in [3.8, 4) is 5.75 Å². The van der Waals surface area contributed by atoms with Gasteiger partial charge in [-0.2, -0.15) is 0 Å². The quantitative estimate of drug-likeness (QED) is 0.640. The summed E-state index contributed by atoms with van der Waals surface area (Å²) in [5, 5.41) is 0. The second kappa shape index (κ2) is 4.70. The van der Waals surface area contributed by atoms with Gasteiger partial charge in [-0.3, -0.25) is 0 Å². The molecule has 0 aliphatic carbocycles. The van der Waals surface area contributed by atoms with Crippen LogP contribution in [0.5, 0.6) is 5.75 Å². The molecular weight excluding hydrogens is 160 g/mol. The van der Waals surface area contributed by atoms with Crippen LogP contribution in [0.3, 0.4) is 0 Å². The van der Waals surface area contributed by atoms with E-state index in [9.17, 15) is 0 Å². The Kier molecular flexibility index (Phi) is 3.56. The molecule has 0 aliphatic heterocycles. The summed E-state index contributed by atoms with van der Waals surface area (Å²) < 4.78 is 5.67. The van der Waals surface area contributed by atoms with Gasteiger partial charge in [0.15, 0.2) is 0 Å². The van der Waals surface area contributed by atoms with Crippen molar-refractivity contribution in [2.45, 2.75) is 26.4 Å². The smallest absolute Gasteiger partial charge is 0.123 e. The Morgan fingerprint density at radius 2 is 2.15 bits per heavy atom. The monoisotopic (exact) mass is 176 g/mol. The first kappa shape index (κ1) is 9.85. The molecule has 0 saturated carbocycles. The van der Waals surface area contributed by atoms with E-state index in [1.807, 2.05) is 25.1 Å². The van der Waals surface area contributed by atoms with Crippen LogP contribution in [0.4, 0.5) is 0 Å². The van der Waals surface area contributed by atoms with E-state index in [2.05, 4.69) is 19.6 Å². The third-order valence-corrected chi connectivity index (χ3v) is 2.00. The zero-order chi connectivity index (χ0) is 9.68. The van der Waals surface area contributed by atoms with Crippen molar-refractivity contribution in [2.75, 3.05) is 0 Å². The second-order valence-corrected chi connectivity index (χ2v) is 3.02. The Hall–Kier alpha value is -1.24. The minimum absolute atomic E-state index is 0.0766. The topological polar surface area (TPSA) is 9.23 Å². The Morgan fingerprint density at radius 1 is 1.46 bits per heavy atom. The van der Waals surface area contributed by atoms with Crippen molar-refractivity contribution in [2.24, 2.45) is 0 Å². The Morgan fingerprint density at radius 3 is 2.77 bits per heavy atom. The number of para-hydroxylation sites is 1. The first-order valence-electron chi connectivity index (χ1n) is 4.65. The van der Waals surface area contributed by atoms with Gasteiger partial charge in [0, 0.05) is 0 Å². The molecule has 0 amide bonds. The standard InChI is InChI=1S/C12H16O/c1-4-10(3)13-12-9-7-6-8-11(12)5-2/h4,6-10H,1,5H2,2-3H3. The predicted octanol–water partition coefficient (Wildman–Crippen LogP) is 3.20. The Labute approximate surface area is 80.0 Å². The number of rotatable bonds is 4. The van der Waals surface area contributed by atoms with Crippen LogP contribution in [0.25, 0.3) is 0 Å². The van der Waals surface area contributed by atoms with Crippen LogP contribution in [-0.2, 0) is 6.42 Å². The molecule has 0 heterocycles. The third kappa shape index (κ3) is 2.62. The van der Waals surface area contributed by atoms with E-state index in [0.29, 0.717) is 0 Å². The fourth-order valence-corrected chi connectivity index (χ4v) is 1.16. The van der Waals surface area contributed by atoms with Gasteiger partial charge < -0.3 is 4.74 Å². The largest absolute Gasteiger partial charge is 0.486 e. The molecule has 1 nitrogen and oxygen atoms in total. The summed E-state index contributed by atoms with van der Waals surface area (Å²) in [6, 6.07) is 8.11. The van der Waals surface area contributed by atoms with Gasteiger partial charge in [0.2, 0.25) is 0 Å². The summed E-state index contributed by atoms with van der Waals surface area (Å²) in [6.45, 7) is 7.80. The number of ether oxygens (including phenoxy) is 1. The van der Waals surface area contributed by atoms with E-state index < -0.39 is 0 Å². The maximum absolute atomic E-state index is 5.67. The van der Waals surface area contributed by atoms with Crippen molar-refractivity contribution in [3.05, 3.63) is 42.5 Å². The van der Waals surface area contributed by atoms with Gasteiger partial charge in [0.25, 0.3) is 0 Å². The summed E-state index contributed by atoms with van der Waals surface area (Å²) >= 11 is 0. The van der Waals surface area contributed by atoms with Crippen LogP contribution < -0.4 is 4.74 Å². The minimum atomic E-state index is 0.0766. The summed E-state index contributed by atoms with van der Waals surface area (Å²) in [5.41, 5.74) is 1.25. The van der Waals surface area contributed by atoms with Crippen LogP contribution in [-0.4, -0.2) is 6.10 Å².